The van der Waals surface area contributed by atoms with Crippen LogP contribution in [0.15, 0.2) is 36.9 Å². The summed E-state index contributed by atoms with van der Waals surface area (Å²) in [7, 11) is 0. The van der Waals surface area contributed by atoms with Gasteiger partial charge in [-0.1, -0.05) is 13.8 Å². The molecule has 1 aliphatic rings. The smallest absolute Gasteiger partial charge is 0.224 e. The Morgan fingerprint density at radius 1 is 0.833 bits per heavy atom. The number of carbonyl (C=O) groups is 2. The van der Waals surface area contributed by atoms with Crippen molar-refractivity contribution in [3.63, 3.8) is 0 Å². The summed E-state index contributed by atoms with van der Waals surface area (Å²) in [6.07, 6.45) is 11.6. The Kier molecular flexibility index (Phi) is 8.04. The van der Waals surface area contributed by atoms with Gasteiger partial charge in [0.25, 0.3) is 0 Å². The third-order valence-corrected chi connectivity index (χ3v) is 6.03. The third kappa shape index (κ3) is 6.71. The van der Waals surface area contributed by atoms with E-state index in [0.29, 0.717) is 24.9 Å². The van der Waals surface area contributed by atoms with Crippen LogP contribution in [0.2, 0.25) is 0 Å². The number of hydrogen-bond acceptors (Lipinski definition) is 4. The molecule has 2 aromatic rings. The largest absolute Gasteiger partial charge is 0.356 e. The highest BCUT2D eigenvalue weighted by molar-refractivity contribution is 5.78. The van der Waals surface area contributed by atoms with Gasteiger partial charge in [-0.3, -0.25) is 19.0 Å². The van der Waals surface area contributed by atoms with Crippen LogP contribution in [-0.2, 0) is 22.7 Å². The van der Waals surface area contributed by atoms with Gasteiger partial charge in [0.2, 0.25) is 11.8 Å². The van der Waals surface area contributed by atoms with E-state index >= 15 is 0 Å². The number of carbonyl (C=O) groups excluding carboxylic acids is 2. The van der Waals surface area contributed by atoms with Crippen LogP contribution in [0.3, 0.4) is 0 Å². The Labute approximate surface area is 178 Å². The molecule has 1 saturated carbocycles. The first kappa shape index (κ1) is 22.1. The molecular formula is C22H34N6O2. The molecule has 2 heterocycles. The van der Waals surface area contributed by atoms with Gasteiger partial charge in [-0.05, 0) is 49.7 Å². The first-order valence-electron chi connectivity index (χ1n) is 11.0. The van der Waals surface area contributed by atoms with E-state index in [1.54, 1.807) is 21.8 Å². The van der Waals surface area contributed by atoms with Crippen LogP contribution in [0, 0.1) is 23.7 Å². The quantitative estimate of drug-likeness (QED) is 0.622. The maximum absolute atomic E-state index is 12.3. The standard InChI is InChI=1S/C22H34N6O2/c1-17(15-27-11-3-9-25-27)21(29)23-13-19-5-7-20(8-6-19)14-24-22(30)18(2)16-28-12-4-10-26-28/h3-4,9-12,17-20H,5-8,13-16H2,1-2H3,(H,23,29)(H,24,30). The van der Waals surface area contributed by atoms with Crippen molar-refractivity contribution in [3.8, 4) is 0 Å². The van der Waals surface area contributed by atoms with E-state index in [4.69, 9.17) is 0 Å². The number of amides is 2. The van der Waals surface area contributed by atoms with E-state index in [9.17, 15) is 9.59 Å². The molecule has 164 valence electrons. The summed E-state index contributed by atoms with van der Waals surface area (Å²) in [5.74, 6) is 1.03. The third-order valence-electron chi connectivity index (χ3n) is 6.03. The van der Waals surface area contributed by atoms with Crippen molar-refractivity contribution in [1.82, 2.24) is 30.2 Å². The molecule has 30 heavy (non-hydrogen) atoms. The summed E-state index contributed by atoms with van der Waals surface area (Å²) in [6, 6.07) is 3.73. The Morgan fingerprint density at radius 2 is 1.23 bits per heavy atom. The van der Waals surface area contributed by atoms with E-state index in [1.165, 1.54) is 0 Å². The predicted octanol–water partition coefficient (Wildman–Crippen LogP) is 2.09. The van der Waals surface area contributed by atoms with Gasteiger partial charge in [0.15, 0.2) is 0 Å². The van der Waals surface area contributed by atoms with Gasteiger partial charge in [0.1, 0.15) is 0 Å². The summed E-state index contributed by atoms with van der Waals surface area (Å²) in [5.41, 5.74) is 0. The van der Waals surface area contributed by atoms with Crippen molar-refractivity contribution in [2.45, 2.75) is 52.6 Å². The van der Waals surface area contributed by atoms with E-state index in [0.717, 1.165) is 38.8 Å². The second kappa shape index (κ2) is 10.9. The SMILES string of the molecule is CC(Cn1cccn1)C(=O)NCC1CCC(CNC(=O)C(C)Cn2cccn2)CC1. The van der Waals surface area contributed by atoms with Crippen molar-refractivity contribution >= 4 is 11.8 Å². The highest BCUT2D eigenvalue weighted by Gasteiger charge is 2.23. The fraction of sp³-hybridized carbons (Fsp3) is 0.636. The van der Waals surface area contributed by atoms with Crippen LogP contribution in [-0.4, -0.2) is 44.5 Å². The Balaban J connectivity index is 1.29. The molecular weight excluding hydrogens is 380 g/mol. The zero-order valence-electron chi connectivity index (χ0n) is 18.0. The van der Waals surface area contributed by atoms with Crippen LogP contribution in [0.1, 0.15) is 39.5 Å². The zero-order valence-corrected chi connectivity index (χ0v) is 18.0. The lowest BCUT2D eigenvalue weighted by molar-refractivity contribution is -0.126. The van der Waals surface area contributed by atoms with Crippen LogP contribution >= 0.6 is 0 Å². The normalized spacial score (nSPS) is 21.0. The van der Waals surface area contributed by atoms with Gasteiger partial charge >= 0.3 is 0 Å². The van der Waals surface area contributed by atoms with Gasteiger partial charge in [-0.15, -0.1) is 0 Å². The molecule has 0 spiro atoms. The molecule has 0 aromatic carbocycles. The molecule has 2 unspecified atom stereocenters. The maximum Gasteiger partial charge on any atom is 0.224 e. The topological polar surface area (TPSA) is 93.8 Å². The number of nitrogens with zero attached hydrogens (tertiary/aromatic N) is 4. The molecule has 0 radical (unpaired) electrons. The highest BCUT2D eigenvalue weighted by Crippen LogP contribution is 2.28. The van der Waals surface area contributed by atoms with Crippen molar-refractivity contribution in [2.75, 3.05) is 13.1 Å². The van der Waals surface area contributed by atoms with Gasteiger partial charge in [0.05, 0.1) is 24.9 Å². The average Bonchev–Trinajstić information content (AvgIpc) is 3.45. The number of hydrogen-bond donors (Lipinski definition) is 2. The minimum Gasteiger partial charge on any atom is -0.356 e. The predicted molar refractivity (Wildman–Crippen MR) is 114 cm³/mol. The molecule has 2 N–H and O–H groups in total. The van der Waals surface area contributed by atoms with Crippen LogP contribution in [0.4, 0.5) is 0 Å². The van der Waals surface area contributed by atoms with Crippen LogP contribution < -0.4 is 10.6 Å². The molecule has 2 amide bonds. The lowest BCUT2D eigenvalue weighted by Gasteiger charge is -2.29. The highest BCUT2D eigenvalue weighted by atomic mass is 16.2. The van der Waals surface area contributed by atoms with E-state index in [-0.39, 0.29) is 23.7 Å². The minimum absolute atomic E-state index is 0.0889. The van der Waals surface area contributed by atoms with Crippen molar-refractivity contribution < 1.29 is 9.59 Å². The molecule has 2 aromatic heterocycles. The van der Waals surface area contributed by atoms with Crippen molar-refractivity contribution in [2.24, 2.45) is 23.7 Å². The molecule has 2 atom stereocenters. The van der Waals surface area contributed by atoms with Gasteiger partial charge in [-0.2, -0.15) is 10.2 Å². The summed E-state index contributed by atoms with van der Waals surface area (Å²) in [4.78, 5) is 24.7. The number of aromatic nitrogens is 4. The second-order valence-corrected chi connectivity index (χ2v) is 8.64. The van der Waals surface area contributed by atoms with Gasteiger partial charge in [0, 0.05) is 37.9 Å². The van der Waals surface area contributed by atoms with Gasteiger partial charge in [-0.25, -0.2) is 0 Å². The summed E-state index contributed by atoms with van der Waals surface area (Å²) < 4.78 is 3.58. The Hall–Kier alpha value is -2.64. The molecule has 3 rings (SSSR count). The molecule has 0 aliphatic heterocycles. The molecule has 8 heteroatoms. The number of rotatable bonds is 10. The first-order valence-corrected chi connectivity index (χ1v) is 11.0. The lowest BCUT2D eigenvalue weighted by atomic mass is 9.82. The van der Waals surface area contributed by atoms with E-state index < -0.39 is 0 Å². The van der Waals surface area contributed by atoms with Crippen LogP contribution in [0.25, 0.3) is 0 Å². The summed E-state index contributed by atoms with van der Waals surface area (Å²) in [5, 5.41) is 14.5. The van der Waals surface area contributed by atoms with E-state index in [2.05, 4.69) is 20.8 Å². The summed E-state index contributed by atoms with van der Waals surface area (Å²) in [6.45, 7) is 6.55. The second-order valence-electron chi connectivity index (χ2n) is 8.64. The molecule has 0 bridgehead atoms. The van der Waals surface area contributed by atoms with Crippen molar-refractivity contribution in [1.29, 1.82) is 0 Å². The van der Waals surface area contributed by atoms with E-state index in [1.807, 2.05) is 38.4 Å². The Morgan fingerprint density at radius 3 is 1.57 bits per heavy atom. The molecule has 0 saturated heterocycles. The molecule has 8 nitrogen and oxygen atoms in total. The minimum atomic E-state index is -0.0971. The first-order chi connectivity index (χ1) is 14.5. The fourth-order valence-corrected chi connectivity index (χ4v) is 4.02. The van der Waals surface area contributed by atoms with Gasteiger partial charge < -0.3 is 10.6 Å². The monoisotopic (exact) mass is 414 g/mol. The molecule has 1 aliphatic carbocycles. The lowest BCUT2D eigenvalue weighted by Crippen LogP contribution is -2.38. The molecule has 1 fully saturated rings. The fourth-order valence-electron chi connectivity index (χ4n) is 4.02. The summed E-state index contributed by atoms with van der Waals surface area (Å²) >= 11 is 0. The number of nitrogens with one attached hydrogen (secondary N) is 2. The average molecular weight is 415 g/mol. The van der Waals surface area contributed by atoms with Crippen LogP contribution in [0.5, 0.6) is 0 Å². The zero-order chi connectivity index (χ0) is 21.3. The maximum atomic E-state index is 12.3. The van der Waals surface area contributed by atoms with Crippen molar-refractivity contribution in [3.05, 3.63) is 36.9 Å². The Bertz CT molecular complexity index is 699.